The molecule has 0 saturated carbocycles. The predicted octanol–water partition coefficient (Wildman–Crippen LogP) is 1.46. The SMILES string of the molecule is CC(C)n1nccc1NC(=O)c1ccc(C#CCO)cn1. The minimum absolute atomic E-state index is 0.152. The molecule has 0 spiro atoms. The molecular formula is C15H16N4O2. The van der Waals surface area contributed by atoms with Crippen LogP contribution in [-0.2, 0) is 0 Å². The van der Waals surface area contributed by atoms with Crippen LogP contribution in [0.1, 0.15) is 35.9 Å². The number of nitrogens with zero attached hydrogens (tertiary/aromatic N) is 3. The second-order valence-corrected chi connectivity index (χ2v) is 4.60. The molecule has 108 valence electrons. The molecular weight excluding hydrogens is 268 g/mol. The van der Waals surface area contributed by atoms with Crippen molar-refractivity contribution in [3.05, 3.63) is 41.9 Å². The van der Waals surface area contributed by atoms with E-state index in [9.17, 15) is 4.79 Å². The van der Waals surface area contributed by atoms with Gasteiger partial charge in [0.25, 0.3) is 5.91 Å². The Bertz CT molecular complexity index is 678. The largest absolute Gasteiger partial charge is 0.384 e. The van der Waals surface area contributed by atoms with Crippen LogP contribution >= 0.6 is 0 Å². The zero-order valence-corrected chi connectivity index (χ0v) is 11.9. The average molecular weight is 284 g/mol. The maximum atomic E-state index is 12.1. The minimum Gasteiger partial charge on any atom is -0.384 e. The van der Waals surface area contributed by atoms with E-state index in [1.807, 2.05) is 13.8 Å². The first-order valence-corrected chi connectivity index (χ1v) is 6.52. The van der Waals surface area contributed by atoms with Gasteiger partial charge in [0, 0.05) is 23.9 Å². The molecule has 0 unspecified atom stereocenters. The van der Waals surface area contributed by atoms with E-state index in [2.05, 4.69) is 27.2 Å². The molecule has 0 aliphatic rings. The first-order valence-electron chi connectivity index (χ1n) is 6.52. The van der Waals surface area contributed by atoms with Gasteiger partial charge >= 0.3 is 0 Å². The lowest BCUT2D eigenvalue weighted by Crippen LogP contribution is -2.17. The van der Waals surface area contributed by atoms with Gasteiger partial charge in [-0.15, -0.1) is 0 Å². The maximum absolute atomic E-state index is 12.1. The molecule has 0 bridgehead atoms. The van der Waals surface area contributed by atoms with Gasteiger partial charge in [0.15, 0.2) is 0 Å². The van der Waals surface area contributed by atoms with Crippen LogP contribution in [-0.4, -0.2) is 32.4 Å². The van der Waals surface area contributed by atoms with E-state index in [1.54, 1.807) is 29.1 Å². The number of rotatable bonds is 3. The molecule has 0 fully saturated rings. The van der Waals surface area contributed by atoms with Crippen molar-refractivity contribution < 1.29 is 9.90 Å². The Morgan fingerprint density at radius 2 is 2.24 bits per heavy atom. The molecule has 2 aromatic rings. The Morgan fingerprint density at radius 1 is 1.43 bits per heavy atom. The van der Waals surface area contributed by atoms with E-state index in [1.165, 1.54) is 6.20 Å². The van der Waals surface area contributed by atoms with E-state index in [4.69, 9.17) is 5.11 Å². The summed E-state index contributed by atoms with van der Waals surface area (Å²) < 4.78 is 1.72. The van der Waals surface area contributed by atoms with Gasteiger partial charge in [0.05, 0.1) is 6.20 Å². The lowest BCUT2D eigenvalue weighted by molar-refractivity contribution is 0.102. The summed E-state index contributed by atoms with van der Waals surface area (Å²) in [5.74, 6) is 5.56. The molecule has 6 nitrogen and oxygen atoms in total. The number of carbonyl (C=O) groups excluding carboxylic acids is 1. The molecule has 0 radical (unpaired) electrons. The number of aliphatic hydroxyl groups excluding tert-OH is 1. The van der Waals surface area contributed by atoms with Crippen molar-refractivity contribution in [2.75, 3.05) is 11.9 Å². The number of hydrogen-bond donors (Lipinski definition) is 2. The van der Waals surface area contributed by atoms with Crippen molar-refractivity contribution in [1.29, 1.82) is 0 Å². The fraction of sp³-hybridized carbons (Fsp3) is 0.267. The van der Waals surface area contributed by atoms with Crippen molar-refractivity contribution in [3.8, 4) is 11.8 Å². The van der Waals surface area contributed by atoms with E-state index in [0.717, 1.165) is 0 Å². The molecule has 1 amide bonds. The van der Waals surface area contributed by atoms with Gasteiger partial charge in [-0.25, -0.2) is 9.67 Å². The Kier molecular flexibility index (Phi) is 4.69. The fourth-order valence-corrected chi connectivity index (χ4v) is 1.75. The second kappa shape index (κ2) is 6.68. The zero-order valence-electron chi connectivity index (χ0n) is 11.9. The van der Waals surface area contributed by atoms with Crippen LogP contribution in [0.4, 0.5) is 5.82 Å². The highest BCUT2D eigenvalue weighted by atomic mass is 16.2. The number of amides is 1. The first-order chi connectivity index (χ1) is 10.1. The van der Waals surface area contributed by atoms with Crippen molar-refractivity contribution >= 4 is 11.7 Å². The molecule has 2 N–H and O–H groups in total. The minimum atomic E-state index is -0.306. The van der Waals surface area contributed by atoms with Gasteiger partial charge in [-0.1, -0.05) is 11.8 Å². The van der Waals surface area contributed by atoms with Crippen LogP contribution in [0.5, 0.6) is 0 Å². The second-order valence-electron chi connectivity index (χ2n) is 4.60. The molecule has 0 saturated heterocycles. The summed E-state index contributed by atoms with van der Waals surface area (Å²) in [5, 5.41) is 15.5. The fourth-order valence-electron chi connectivity index (χ4n) is 1.75. The van der Waals surface area contributed by atoms with Crippen molar-refractivity contribution in [1.82, 2.24) is 14.8 Å². The van der Waals surface area contributed by atoms with Crippen molar-refractivity contribution in [3.63, 3.8) is 0 Å². The number of pyridine rings is 1. The monoisotopic (exact) mass is 284 g/mol. The third kappa shape index (κ3) is 3.68. The quantitative estimate of drug-likeness (QED) is 0.836. The van der Waals surface area contributed by atoms with Crippen LogP contribution in [0.15, 0.2) is 30.6 Å². The maximum Gasteiger partial charge on any atom is 0.275 e. The van der Waals surface area contributed by atoms with E-state index >= 15 is 0 Å². The third-order valence-electron chi connectivity index (χ3n) is 2.71. The van der Waals surface area contributed by atoms with E-state index < -0.39 is 0 Å². The van der Waals surface area contributed by atoms with Crippen LogP contribution in [0.3, 0.4) is 0 Å². The average Bonchev–Trinajstić information content (AvgIpc) is 2.94. The highest BCUT2D eigenvalue weighted by Crippen LogP contribution is 2.14. The molecule has 6 heteroatoms. The zero-order chi connectivity index (χ0) is 15.2. The molecule has 21 heavy (non-hydrogen) atoms. The lowest BCUT2D eigenvalue weighted by Gasteiger charge is -2.11. The van der Waals surface area contributed by atoms with Crippen LogP contribution in [0.25, 0.3) is 0 Å². The summed E-state index contributed by atoms with van der Waals surface area (Å²) in [4.78, 5) is 16.2. The molecule has 2 heterocycles. The number of hydrogen-bond acceptors (Lipinski definition) is 4. The van der Waals surface area contributed by atoms with E-state index in [0.29, 0.717) is 17.1 Å². The predicted molar refractivity (Wildman–Crippen MR) is 78.8 cm³/mol. The van der Waals surface area contributed by atoms with Crippen molar-refractivity contribution in [2.45, 2.75) is 19.9 Å². The number of nitrogens with one attached hydrogen (secondary N) is 1. The van der Waals surface area contributed by atoms with Gasteiger partial charge in [-0.3, -0.25) is 4.79 Å². The van der Waals surface area contributed by atoms with Gasteiger partial charge in [0.1, 0.15) is 18.1 Å². The van der Waals surface area contributed by atoms with Gasteiger partial charge in [-0.05, 0) is 26.0 Å². The number of anilines is 1. The highest BCUT2D eigenvalue weighted by Gasteiger charge is 2.12. The molecule has 0 aliphatic heterocycles. The smallest absolute Gasteiger partial charge is 0.275 e. The normalized spacial score (nSPS) is 10.1. The van der Waals surface area contributed by atoms with Crippen LogP contribution in [0, 0.1) is 11.8 Å². The summed E-state index contributed by atoms with van der Waals surface area (Å²) >= 11 is 0. The summed E-state index contributed by atoms with van der Waals surface area (Å²) in [5.41, 5.74) is 0.939. The van der Waals surface area contributed by atoms with E-state index in [-0.39, 0.29) is 18.6 Å². The molecule has 0 aromatic carbocycles. The summed E-state index contributed by atoms with van der Waals surface area (Å²) in [6.45, 7) is 3.76. The number of aliphatic hydroxyl groups is 1. The van der Waals surface area contributed by atoms with Gasteiger partial charge in [0.2, 0.25) is 0 Å². The molecule has 2 aromatic heterocycles. The van der Waals surface area contributed by atoms with Crippen LogP contribution in [0.2, 0.25) is 0 Å². The lowest BCUT2D eigenvalue weighted by atomic mass is 10.2. The first kappa shape index (κ1) is 14.8. The highest BCUT2D eigenvalue weighted by molar-refractivity contribution is 6.02. The Balaban J connectivity index is 2.11. The standard InChI is InChI=1S/C15H16N4O2/c1-11(2)19-14(7-8-17-19)18-15(21)13-6-5-12(10-16-13)4-3-9-20/h5-8,10-11,20H,9H2,1-2H3,(H,18,21). The third-order valence-corrected chi connectivity index (χ3v) is 2.71. The summed E-state index contributed by atoms with van der Waals surface area (Å²) in [6, 6.07) is 5.16. The summed E-state index contributed by atoms with van der Waals surface area (Å²) in [7, 11) is 0. The van der Waals surface area contributed by atoms with Gasteiger partial charge in [-0.2, -0.15) is 5.10 Å². The Morgan fingerprint density at radius 3 is 2.86 bits per heavy atom. The molecule has 0 atom stereocenters. The molecule has 0 aliphatic carbocycles. The number of carbonyl (C=O) groups is 1. The van der Waals surface area contributed by atoms with Crippen LogP contribution < -0.4 is 5.32 Å². The Hall–Kier alpha value is -2.65. The van der Waals surface area contributed by atoms with Crippen molar-refractivity contribution in [2.24, 2.45) is 0 Å². The summed E-state index contributed by atoms with van der Waals surface area (Å²) in [6.07, 6.45) is 3.13. The molecule has 2 rings (SSSR count). The van der Waals surface area contributed by atoms with Gasteiger partial charge < -0.3 is 10.4 Å². The Labute approximate surface area is 122 Å². The topological polar surface area (TPSA) is 80.0 Å². The number of aromatic nitrogens is 3.